The van der Waals surface area contributed by atoms with E-state index in [9.17, 15) is 26.4 Å². The number of ketones is 1. The summed E-state index contributed by atoms with van der Waals surface area (Å²) in [5, 5.41) is 2.49. The molecule has 0 saturated carbocycles. The number of rotatable bonds is 6. The van der Waals surface area contributed by atoms with Crippen LogP contribution in [0.25, 0.3) is 0 Å². The molecule has 0 unspecified atom stereocenters. The lowest BCUT2D eigenvalue weighted by Crippen LogP contribution is -2.40. The largest absolute Gasteiger partial charge is 0.418 e. The van der Waals surface area contributed by atoms with Gasteiger partial charge < -0.3 is 10.1 Å². The lowest BCUT2D eigenvalue weighted by molar-refractivity contribution is -0.136. The van der Waals surface area contributed by atoms with Crippen molar-refractivity contribution < 1.29 is 31.1 Å². The minimum atomic E-state index is -4.56. The Morgan fingerprint density at radius 2 is 1.76 bits per heavy atom. The quantitative estimate of drug-likeness (QED) is 0.716. The van der Waals surface area contributed by atoms with Crippen molar-refractivity contribution in [1.29, 1.82) is 0 Å². The van der Waals surface area contributed by atoms with Crippen molar-refractivity contribution in [3.63, 3.8) is 0 Å². The van der Waals surface area contributed by atoms with Gasteiger partial charge in [-0.05, 0) is 24.3 Å². The number of Topliss-reactive ketones (excluding diaryl/α,β-unsaturated/α-hetero) is 1. The maximum atomic E-state index is 13.1. The molecule has 0 radical (unpaired) electrons. The standard InChI is InChI=1S/C19H19F3N2O4S/c20-19(21,22)16-6-1-2-7-17(16)23-13-18(25)14-4-3-5-15(12-14)29(26,27)24-8-10-28-11-9-24/h1-7,12,23H,8-11,13H2. The van der Waals surface area contributed by atoms with E-state index in [1.165, 1.54) is 46.8 Å². The first-order valence-electron chi connectivity index (χ1n) is 8.81. The summed E-state index contributed by atoms with van der Waals surface area (Å²) < 4.78 is 71.0. The summed E-state index contributed by atoms with van der Waals surface area (Å²) in [5.41, 5.74) is -1.00. The van der Waals surface area contributed by atoms with Crippen LogP contribution in [0.2, 0.25) is 0 Å². The van der Waals surface area contributed by atoms with E-state index < -0.39 is 34.1 Å². The number of alkyl halides is 3. The van der Waals surface area contributed by atoms with E-state index in [0.29, 0.717) is 13.2 Å². The number of carbonyl (C=O) groups excluding carboxylic acids is 1. The van der Waals surface area contributed by atoms with Crippen molar-refractivity contribution >= 4 is 21.5 Å². The van der Waals surface area contributed by atoms with Crippen molar-refractivity contribution in [2.45, 2.75) is 11.1 Å². The summed E-state index contributed by atoms with van der Waals surface area (Å²) in [7, 11) is -3.78. The van der Waals surface area contributed by atoms with Crippen molar-refractivity contribution in [1.82, 2.24) is 4.31 Å². The van der Waals surface area contributed by atoms with Crippen LogP contribution in [0.5, 0.6) is 0 Å². The Labute approximate surface area is 166 Å². The minimum Gasteiger partial charge on any atom is -0.379 e. The van der Waals surface area contributed by atoms with Gasteiger partial charge in [-0.1, -0.05) is 24.3 Å². The fourth-order valence-corrected chi connectivity index (χ4v) is 4.38. The highest BCUT2D eigenvalue weighted by molar-refractivity contribution is 7.89. The first-order chi connectivity index (χ1) is 13.7. The topological polar surface area (TPSA) is 75.7 Å². The Morgan fingerprint density at radius 3 is 2.45 bits per heavy atom. The third-order valence-corrected chi connectivity index (χ3v) is 6.33. The molecule has 1 aliphatic rings. The van der Waals surface area contributed by atoms with Gasteiger partial charge in [0.2, 0.25) is 10.0 Å². The van der Waals surface area contributed by atoms with Crippen molar-refractivity contribution in [3.8, 4) is 0 Å². The molecule has 2 aromatic carbocycles. The van der Waals surface area contributed by atoms with Crippen LogP contribution >= 0.6 is 0 Å². The second-order valence-corrected chi connectivity index (χ2v) is 8.30. The van der Waals surface area contributed by atoms with Crippen LogP contribution in [-0.4, -0.2) is 51.4 Å². The molecule has 3 rings (SSSR count). The maximum Gasteiger partial charge on any atom is 0.418 e. The predicted octanol–water partition coefficient (Wildman–Crippen LogP) is 3.02. The second-order valence-electron chi connectivity index (χ2n) is 6.36. The van der Waals surface area contributed by atoms with Crippen LogP contribution in [-0.2, 0) is 20.9 Å². The lowest BCUT2D eigenvalue weighted by Gasteiger charge is -2.26. The third kappa shape index (κ3) is 4.95. The van der Waals surface area contributed by atoms with Gasteiger partial charge in [-0.2, -0.15) is 17.5 Å². The normalized spacial score (nSPS) is 15.8. The monoisotopic (exact) mass is 428 g/mol. The number of halogens is 3. The number of morpholine rings is 1. The summed E-state index contributed by atoms with van der Waals surface area (Å²) in [4.78, 5) is 12.4. The number of carbonyl (C=O) groups is 1. The Bertz CT molecular complexity index is 987. The number of para-hydroxylation sites is 1. The highest BCUT2D eigenvalue weighted by Crippen LogP contribution is 2.34. The van der Waals surface area contributed by atoms with Crippen molar-refractivity contribution in [2.24, 2.45) is 0 Å². The summed E-state index contributed by atoms with van der Waals surface area (Å²) in [6, 6.07) is 10.3. The lowest BCUT2D eigenvalue weighted by atomic mass is 10.1. The van der Waals surface area contributed by atoms with Gasteiger partial charge in [0.15, 0.2) is 5.78 Å². The van der Waals surface area contributed by atoms with Crippen LogP contribution in [0.4, 0.5) is 18.9 Å². The van der Waals surface area contributed by atoms with E-state index in [0.717, 1.165) is 6.07 Å². The van der Waals surface area contributed by atoms with Gasteiger partial charge >= 0.3 is 6.18 Å². The number of nitrogens with one attached hydrogen (secondary N) is 1. The number of ether oxygens (including phenoxy) is 1. The molecule has 2 aromatic rings. The average Bonchev–Trinajstić information content (AvgIpc) is 2.72. The first-order valence-corrected chi connectivity index (χ1v) is 10.2. The molecule has 1 saturated heterocycles. The smallest absolute Gasteiger partial charge is 0.379 e. The molecule has 1 aliphatic heterocycles. The van der Waals surface area contributed by atoms with Gasteiger partial charge in [0.25, 0.3) is 0 Å². The van der Waals surface area contributed by atoms with Crippen molar-refractivity contribution in [3.05, 3.63) is 59.7 Å². The zero-order valence-corrected chi connectivity index (χ0v) is 16.1. The predicted molar refractivity (Wildman–Crippen MR) is 100 cm³/mol. The number of anilines is 1. The third-order valence-electron chi connectivity index (χ3n) is 4.44. The molecule has 0 bridgehead atoms. The van der Waals surface area contributed by atoms with E-state index in [4.69, 9.17) is 4.74 Å². The molecule has 156 valence electrons. The second kappa shape index (κ2) is 8.52. The Morgan fingerprint density at radius 1 is 1.07 bits per heavy atom. The fraction of sp³-hybridized carbons (Fsp3) is 0.316. The van der Waals surface area contributed by atoms with E-state index in [-0.39, 0.29) is 29.2 Å². The molecule has 10 heteroatoms. The zero-order chi connectivity index (χ0) is 21.1. The van der Waals surface area contributed by atoms with Gasteiger partial charge in [-0.3, -0.25) is 4.79 Å². The summed E-state index contributed by atoms with van der Waals surface area (Å²) in [5.74, 6) is -0.527. The number of sulfonamides is 1. The molecule has 0 aromatic heterocycles. The van der Waals surface area contributed by atoms with Crippen LogP contribution in [0.1, 0.15) is 15.9 Å². The number of nitrogens with zero attached hydrogens (tertiary/aromatic N) is 1. The molecule has 1 N–H and O–H groups in total. The highest BCUT2D eigenvalue weighted by atomic mass is 32.2. The molecule has 0 aliphatic carbocycles. The number of benzene rings is 2. The molecule has 1 fully saturated rings. The van der Waals surface area contributed by atoms with Gasteiger partial charge in [0, 0.05) is 24.3 Å². The molecule has 0 amide bonds. The van der Waals surface area contributed by atoms with Crippen LogP contribution in [0.15, 0.2) is 53.4 Å². The number of hydrogen-bond acceptors (Lipinski definition) is 5. The highest BCUT2D eigenvalue weighted by Gasteiger charge is 2.33. The molecular formula is C19H19F3N2O4S. The molecule has 6 nitrogen and oxygen atoms in total. The fourth-order valence-electron chi connectivity index (χ4n) is 2.93. The molecular weight excluding hydrogens is 409 g/mol. The molecule has 0 spiro atoms. The van der Waals surface area contributed by atoms with E-state index in [2.05, 4.69) is 5.32 Å². The maximum absolute atomic E-state index is 13.1. The van der Waals surface area contributed by atoms with Crippen LogP contribution in [0, 0.1) is 0 Å². The molecule has 0 atom stereocenters. The Kier molecular flexibility index (Phi) is 6.25. The van der Waals surface area contributed by atoms with Crippen LogP contribution in [0.3, 0.4) is 0 Å². The first kappa shape index (κ1) is 21.3. The van der Waals surface area contributed by atoms with Gasteiger partial charge in [0.1, 0.15) is 0 Å². The Balaban J connectivity index is 1.75. The number of hydrogen-bond donors (Lipinski definition) is 1. The molecule has 29 heavy (non-hydrogen) atoms. The van der Waals surface area contributed by atoms with E-state index >= 15 is 0 Å². The zero-order valence-electron chi connectivity index (χ0n) is 15.3. The summed E-state index contributed by atoms with van der Waals surface area (Å²) in [6.45, 7) is 0.613. The van der Waals surface area contributed by atoms with Gasteiger partial charge in [-0.25, -0.2) is 8.42 Å². The van der Waals surface area contributed by atoms with Crippen molar-refractivity contribution in [2.75, 3.05) is 38.2 Å². The minimum absolute atomic E-state index is 0.0408. The van der Waals surface area contributed by atoms with Crippen LogP contribution < -0.4 is 5.32 Å². The Hall–Kier alpha value is -2.43. The summed E-state index contributed by atoms with van der Waals surface area (Å²) in [6.07, 6.45) is -4.56. The SMILES string of the molecule is O=C(CNc1ccccc1C(F)(F)F)c1cccc(S(=O)(=O)N2CCOCC2)c1. The van der Waals surface area contributed by atoms with Gasteiger partial charge in [-0.15, -0.1) is 0 Å². The van der Waals surface area contributed by atoms with Gasteiger partial charge in [0.05, 0.1) is 30.2 Å². The van der Waals surface area contributed by atoms with E-state index in [1.807, 2.05) is 0 Å². The summed E-state index contributed by atoms with van der Waals surface area (Å²) >= 11 is 0. The average molecular weight is 428 g/mol. The molecule has 1 heterocycles. The van der Waals surface area contributed by atoms with E-state index in [1.54, 1.807) is 0 Å².